The summed E-state index contributed by atoms with van der Waals surface area (Å²) in [5.74, 6) is -0.268. The number of benzene rings is 1. The normalized spacial score (nSPS) is 16.8. The van der Waals surface area contributed by atoms with Crippen LogP contribution in [0.1, 0.15) is 64.6 Å². The fraction of sp³-hybridized carbons (Fsp3) is 0.409. The van der Waals surface area contributed by atoms with Gasteiger partial charge in [-0.3, -0.25) is 14.6 Å². The van der Waals surface area contributed by atoms with Gasteiger partial charge in [0.25, 0.3) is 11.8 Å². The largest absolute Gasteiger partial charge is 0.347 e. The number of carbonyl (C=O) groups is 2. The van der Waals surface area contributed by atoms with Crippen molar-refractivity contribution in [1.29, 1.82) is 0 Å². The van der Waals surface area contributed by atoms with Gasteiger partial charge in [-0.15, -0.1) is 0 Å². The molecule has 1 fully saturated rings. The minimum absolute atomic E-state index is 0.00287. The van der Waals surface area contributed by atoms with Gasteiger partial charge in [-0.2, -0.15) is 0 Å². The molecule has 0 bridgehead atoms. The highest BCUT2D eigenvalue weighted by atomic mass is 16.2. The number of nitrogens with zero attached hydrogens (tertiary/aromatic N) is 2. The van der Waals surface area contributed by atoms with Gasteiger partial charge in [0.2, 0.25) is 0 Å². The summed E-state index contributed by atoms with van der Waals surface area (Å²) in [6, 6.07) is 11.5. The van der Waals surface area contributed by atoms with Crippen LogP contribution < -0.4 is 5.32 Å². The second kappa shape index (κ2) is 8.80. The van der Waals surface area contributed by atoms with Crippen molar-refractivity contribution in [3.8, 4) is 0 Å². The minimum atomic E-state index is -0.265. The van der Waals surface area contributed by atoms with Crippen LogP contribution in [0.4, 0.5) is 0 Å². The molecule has 142 valence electrons. The highest BCUT2D eigenvalue weighted by Gasteiger charge is 2.26. The molecule has 0 aliphatic carbocycles. The molecule has 1 aliphatic heterocycles. The first kappa shape index (κ1) is 19.1. The van der Waals surface area contributed by atoms with Crippen LogP contribution in [0.2, 0.25) is 0 Å². The van der Waals surface area contributed by atoms with Crippen molar-refractivity contribution in [3.63, 3.8) is 0 Å². The summed E-state index contributed by atoms with van der Waals surface area (Å²) in [6.07, 6.45) is 5.76. The van der Waals surface area contributed by atoms with Crippen molar-refractivity contribution in [3.05, 3.63) is 65.0 Å². The maximum Gasteiger partial charge on any atom is 0.270 e. The van der Waals surface area contributed by atoms with Gasteiger partial charge in [-0.25, -0.2) is 0 Å². The van der Waals surface area contributed by atoms with Gasteiger partial charge in [0, 0.05) is 30.9 Å². The number of aromatic nitrogens is 1. The standard InChI is InChI=1S/C22H27N3O2/c1-3-19-10-6-7-13-25(19)22(27)17-11-12-23-20(14-17)21(26)24-15-18-9-5-4-8-16(18)2/h4-5,8-9,11-12,14,19H,3,6-7,10,13,15H2,1-2H3,(H,24,26). The summed E-state index contributed by atoms with van der Waals surface area (Å²) in [5, 5.41) is 2.90. The Morgan fingerprint density at radius 3 is 2.81 bits per heavy atom. The maximum absolute atomic E-state index is 12.9. The molecule has 2 aromatic rings. The summed E-state index contributed by atoms with van der Waals surface area (Å²) < 4.78 is 0. The lowest BCUT2D eigenvalue weighted by Crippen LogP contribution is -2.43. The molecule has 1 unspecified atom stereocenters. The molecule has 1 saturated heterocycles. The van der Waals surface area contributed by atoms with E-state index in [4.69, 9.17) is 0 Å². The molecule has 1 aliphatic rings. The molecule has 2 amide bonds. The van der Waals surface area contributed by atoms with Gasteiger partial charge in [-0.05, 0) is 55.9 Å². The quantitative estimate of drug-likeness (QED) is 0.878. The van der Waals surface area contributed by atoms with Crippen LogP contribution in [0.25, 0.3) is 0 Å². The minimum Gasteiger partial charge on any atom is -0.347 e. The molecule has 1 N–H and O–H groups in total. The second-order valence-electron chi connectivity index (χ2n) is 7.10. The Balaban J connectivity index is 1.70. The third kappa shape index (κ3) is 4.54. The van der Waals surface area contributed by atoms with Gasteiger partial charge in [-0.1, -0.05) is 31.2 Å². The number of amides is 2. The van der Waals surface area contributed by atoms with E-state index in [1.807, 2.05) is 36.1 Å². The van der Waals surface area contributed by atoms with Crippen molar-refractivity contribution >= 4 is 11.8 Å². The van der Waals surface area contributed by atoms with E-state index >= 15 is 0 Å². The summed E-state index contributed by atoms with van der Waals surface area (Å²) in [6.45, 7) is 5.36. The van der Waals surface area contributed by atoms with Gasteiger partial charge in [0.15, 0.2) is 0 Å². The fourth-order valence-electron chi connectivity index (χ4n) is 3.62. The first-order chi connectivity index (χ1) is 13.1. The molecular weight excluding hydrogens is 338 g/mol. The number of hydrogen-bond acceptors (Lipinski definition) is 3. The zero-order valence-electron chi connectivity index (χ0n) is 16.1. The van der Waals surface area contributed by atoms with Crippen molar-refractivity contribution < 1.29 is 9.59 Å². The topological polar surface area (TPSA) is 62.3 Å². The average molecular weight is 365 g/mol. The van der Waals surface area contributed by atoms with Crippen LogP contribution in [0.5, 0.6) is 0 Å². The number of piperidine rings is 1. The first-order valence-electron chi connectivity index (χ1n) is 9.70. The van der Waals surface area contributed by atoms with Crippen LogP contribution >= 0.6 is 0 Å². The Bertz CT molecular complexity index is 819. The number of likely N-dealkylation sites (tertiary alicyclic amines) is 1. The predicted molar refractivity (Wildman–Crippen MR) is 106 cm³/mol. The van der Waals surface area contributed by atoms with E-state index in [1.165, 1.54) is 6.42 Å². The number of nitrogens with one attached hydrogen (secondary N) is 1. The molecular formula is C22H27N3O2. The Morgan fingerprint density at radius 2 is 2.04 bits per heavy atom. The Labute approximate surface area is 160 Å². The molecule has 2 heterocycles. The molecule has 0 saturated carbocycles. The van der Waals surface area contributed by atoms with Crippen molar-refractivity contribution in [2.24, 2.45) is 0 Å². The molecule has 0 radical (unpaired) electrons. The number of hydrogen-bond donors (Lipinski definition) is 1. The summed E-state index contributed by atoms with van der Waals surface area (Å²) in [5.41, 5.74) is 3.01. The average Bonchev–Trinajstić information content (AvgIpc) is 2.72. The Kier molecular flexibility index (Phi) is 6.22. The zero-order chi connectivity index (χ0) is 19.2. The summed E-state index contributed by atoms with van der Waals surface area (Å²) in [4.78, 5) is 31.5. The molecule has 0 spiro atoms. The molecule has 1 aromatic carbocycles. The number of aryl methyl sites for hydroxylation is 1. The molecule has 5 heteroatoms. The smallest absolute Gasteiger partial charge is 0.270 e. The summed E-state index contributed by atoms with van der Waals surface area (Å²) in [7, 11) is 0. The van der Waals surface area contributed by atoms with Gasteiger partial charge in [0.05, 0.1) is 0 Å². The van der Waals surface area contributed by atoms with E-state index in [2.05, 4.69) is 17.2 Å². The van der Waals surface area contributed by atoms with E-state index in [-0.39, 0.29) is 23.6 Å². The third-order valence-electron chi connectivity index (χ3n) is 5.30. The maximum atomic E-state index is 12.9. The number of carbonyl (C=O) groups excluding carboxylic acids is 2. The zero-order valence-corrected chi connectivity index (χ0v) is 16.1. The van der Waals surface area contributed by atoms with Gasteiger partial charge < -0.3 is 10.2 Å². The predicted octanol–water partition coefficient (Wildman–Crippen LogP) is 3.72. The molecule has 5 nitrogen and oxygen atoms in total. The Hall–Kier alpha value is -2.69. The SMILES string of the molecule is CCC1CCCCN1C(=O)c1ccnc(C(=O)NCc2ccccc2C)c1. The van der Waals surface area contributed by atoms with Crippen LogP contribution in [0, 0.1) is 6.92 Å². The van der Waals surface area contributed by atoms with Crippen LogP contribution in [0.15, 0.2) is 42.6 Å². The van der Waals surface area contributed by atoms with Crippen molar-refractivity contribution in [2.45, 2.75) is 52.1 Å². The van der Waals surface area contributed by atoms with E-state index in [1.54, 1.807) is 18.3 Å². The molecule has 27 heavy (non-hydrogen) atoms. The first-order valence-corrected chi connectivity index (χ1v) is 9.70. The van der Waals surface area contributed by atoms with Crippen LogP contribution in [-0.2, 0) is 6.54 Å². The third-order valence-corrected chi connectivity index (χ3v) is 5.30. The second-order valence-corrected chi connectivity index (χ2v) is 7.10. The Morgan fingerprint density at radius 1 is 1.22 bits per heavy atom. The monoisotopic (exact) mass is 365 g/mol. The highest BCUT2D eigenvalue weighted by molar-refractivity contribution is 5.98. The van der Waals surface area contributed by atoms with Crippen molar-refractivity contribution in [1.82, 2.24) is 15.2 Å². The van der Waals surface area contributed by atoms with E-state index in [0.29, 0.717) is 12.1 Å². The van der Waals surface area contributed by atoms with E-state index in [0.717, 1.165) is 36.9 Å². The highest BCUT2D eigenvalue weighted by Crippen LogP contribution is 2.22. The molecule has 1 atom stereocenters. The van der Waals surface area contributed by atoms with Gasteiger partial charge in [0.1, 0.15) is 5.69 Å². The van der Waals surface area contributed by atoms with Gasteiger partial charge >= 0.3 is 0 Å². The van der Waals surface area contributed by atoms with Crippen LogP contribution in [-0.4, -0.2) is 34.3 Å². The lowest BCUT2D eigenvalue weighted by Gasteiger charge is -2.35. The van der Waals surface area contributed by atoms with Crippen LogP contribution in [0.3, 0.4) is 0 Å². The van der Waals surface area contributed by atoms with E-state index < -0.39 is 0 Å². The summed E-state index contributed by atoms with van der Waals surface area (Å²) >= 11 is 0. The fourth-order valence-corrected chi connectivity index (χ4v) is 3.62. The lowest BCUT2D eigenvalue weighted by molar-refractivity contribution is 0.0608. The molecule has 3 rings (SSSR count). The lowest BCUT2D eigenvalue weighted by atomic mass is 9.99. The van der Waals surface area contributed by atoms with Crippen molar-refractivity contribution in [2.75, 3.05) is 6.54 Å². The number of rotatable bonds is 5. The molecule has 1 aromatic heterocycles. The number of pyridine rings is 1. The van der Waals surface area contributed by atoms with E-state index in [9.17, 15) is 9.59 Å².